The van der Waals surface area contributed by atoms with Gasteiger partial charge in [0.25, 0.3) is 5.91 Å². The summed E-state index contributed by atoms with van der Waals surface area (Å²) >= 11 is 7.39. The van der Waals surface area contributed by atoms with Crippen molar-refractivity contribution in [3.8, 4) is 27.7 Å². The molecular weight excluding hydrogens is 410 g/mol. The third-order valence-electron chi connectivity index (χ3n) is 4.39. The molecule has 0 bridgehead atoms. The number of hydrogen-bond acceptors (Lipinski definition) is 5. The number of rotatable bonds is 8. The summed E-state index contributed by atoms with van der Waals surface area (Å²) in [5.41, 5.74) is 1.92. The molecule has 1 amide bonds. The third kappa shape index (κ3) is 4.83. The lowest BCUT2D eigenvalue weighted by Crippen LogP contribution is -2.24. The van der Waals surface area contributed by atoms with E-state index in [4.69, 9.17) is 25.8 Å². The van der Waals surface area contributed by atoms with E-state index >= 15 is 0 Å². The second-order valence-corrected chi connectivity index (χ2v) is 7.70. The van der Waals surface area contributed by atoms with Crippen LogP contribution < -0.4 is 19.5 Å². The van der Waals surface area contributed by atoms with Crippen molar-refractivity contribution in [1.82, 2.24) is 5.32 Å². The predicted octanol–water partition coefficient (Wildman–Crippen LogP) is 5.07. The van der Waals surface area contributed by atoms with Gasteiger partial charge in [-0.25, -0.2) is 0 Å². The first kappa shape index (κ1) is 21.0. The summed E-state index contributed by atoms with van der Waals surface area (Å²) < 4.78 is 16.3. The molecule has 2 aromatic carbocycles. The Morgan fingerprint density at radius 1 is 1.00 bits per heavy atom. The first-order valence-corrected chi connectivity index (χ1v) is 10.2. The minimum Gasteiger partial charge on any atom is -0.493 e. The highest BCUT2D eigenvalue weighted by atomic mass is 35.5. The van der Waals surface area contributed by atoms with Crippen molar-refractivity contribution in [3.05, 3.63) is 64.0 Å². The summed E-state index contributed by atoms with van der Waals surface area (Å²) in [5.74, 6) is 1.57. The SMILES string of the molecule is COc1ccc(-c2ccc(C(=O)NCCc3cccc(Cl)c3)s2)c(OC)c1OC. The molecule has 0 saturated carbocycles. The standard InChI is InChI=1S/C22H22ClNO4S/c1-26-17-8-7-16(20(27-2)21(17)28-3)18-9-10-19(29-18)22(25)24-12-11-14-5-4-6-15(23)13-14/h4-10,13H,11-12H2,1-3H3,(H,24,25). The number of ether oxygens (including phenoxy) is 3. The maximum absolute atomic E-state index is 12.5. The van der Waals surface area contributed by atoms with Crippen LogP contribution in [0.4, 0.5) is 0 Å². The van der Waals surface area contributed by atoms with Crippen LogP contribution in [0.25, 0.3) is 10.4 Å². The van der Waals surface area contributed by atoms with E-state index in [0.29, 0.717) is 40.1 Å². The lowest BCUT2D eigenvalue weighted by molar-refractivity contribution is 0.0958. The highest BCUT2D eigenvalue weighted by Crippen LogP contribution is 2.45. The van der Waals surface area contributed by atoms with Crippen LogP contribution in [-0.2, 0) is 6.42 Å². The molecule has 1 heterocycles. The average Bonchev–Trinajstić information content (AvgIpc) is 3.22. The molecule has 152 valence electrons. The van der Waals surface area contributed by atoms with Gasteiger partial charge in [0.15, 0.2) is 11.5 Å². The molecule has 29 heavy (non-hydrogen) atoms. The van der Waals surface area contributed by atoms with Crippen LogP contribution in [0, 0.1) is 0 Å². The van der Waals surface area contributed by atoms with Crippen LogP contribution in [0.2, 0.25) is 5.02 Å². The zero-order chi connectivity index (χ0) is 20.8. The van der Waals surface area contributed by atoms with E-state index in [1.54, 1.807) is 21.3 Å². The Morgan fingerprint density at radius 3 is 2.48 bits per heavy atom. The number of benzene rings is 2. The molecule has 0 saturated heterocycles. The number of carbonyl (C=O) groups is 1. The Hall–Kier alpha value is -2.70. The number of carbonyl (C=O) groups excluding carboxylic acids is 1. The fourth-order valence-corrected chi connectivity index (χ4v) is 4.16. The van der Waals surface area contributed by atoms with E-state index in [0.717, 1.165) is 16.0 Å². The lowest BCUT2D eigenvalue weighted by Gasteiger charge is -2.14. The first-order valence-electron chi connectivity index (χ1n) is 8.99. The van der Waals surface area contributed by atoms with Gasteiger partial charge in [0, 0.05) is 22.0 Å². The van der Waals surface area contributed by atoms with Crippen molar-refractivity contribution in [3.63, 3.8) is 0 Å². The minimum absolute atomic E-state index is 0.109. The van der Waals surface area contributed by atoms with Crippen LogP contribution >= 0.6 is 22.9 Å². The highest BCUT2D eigenvalue weighted by Gasteiger charge is 2.19. The molecule has 0 atom stereocenters. The molecule has 0 spiro atoms. The van der Waals surface area contributed by atoms with E-state index in [1.165, 1.54) is 11.3 Å². The summed E-state index contributed by atoms with van der Waals surface area (Å²) in [7, 11) is 4.73. The normalized spacial score (nSPS) is 10.5. The Bertz CT molecular complexity index is 1000. The van der Waals surface area contributed by atoms with Crippen molar-refractivity contribution in [2.24, 2.45) is 0 Å². The molecule has 0 fully saturated rings. The summed E-state index contributed by atoms with van der Waals surface area (Å²) in [6.45, 7) is 0.534. The highest BCUT2D eigenvalue weighted by molar-refractivity contribution is 7.17. The fourth-order valence-electron chi connectivity index (χ4n) is 3.00. The summed E-state index contributed by atoms with van der Waals surface area (Å²) in [4.78, 5) is 14.1. The molecule has 7 heteroatoms. The van der Waals surface area contributed by atoms with Gasteiger partial charge < -0.3 is 19.5 Å². The van der Waals surface area contributed by atoms with E-state index < -0.39 is 0 Å². The van der Waals surface area contributed by atoms with Gasteiger partial charge in [-0.15, -0.1) is 11.3 Å². The van der Waals surface area contributed by atoms with Crippen LogP contribution in [0.1, 0.15) is 15.2 Å². The molecule has 3 aromatic rings. The average molecular weight is 432 g/mol. The van der Waals surface area contributed by atoms with Gasteiger partial charge >= 0.3 is 0 Å². The number of nitrogens with one attached hydrogen (secondary N) is 1. The molecule has 5 nitrogen and oxygen atoms in total. The van der Waals surface area contributed by atoms with E-state index in [9.17, 15) is 4.79 Å². The van der Waals surface area contributed by atoms with Crippen molar-refractivity contribution in [1.29, 1.82) is 0 Å². The number of thiophene rings is 1. The Labute approximate surface area is 179 Å². The van der Waals surface area contributed by atoms with Crippen LogP contribution in [0.3, 0.4) is 0 Å². The maximum atomic E-state index is 12.5. The van der Waals surface area contributed by atoms with Crippen molar-refractivity contribution in [2.75, 3.05) is 27.9 Å². The number of amides is 1. The molecule has 1 aromatic heterocycles. The topological polar surface area (TPSA) is 56.8 Å². The van der Waals surface area contributed by atoms with Gasteiger partial charge in [-0.05, 0) is 48.4 Å². The molecule has 0 radical (unpaired) electrons. The van der Waals surface area contributed by atoms with Gasteiger partial charge in [0.05, 0.1) is 26.2 Å². The second-order valence-electron chi connectivity index (χ2n) is 6.18. The molecule has 0 unspecified atom stereocenters. The lowest BCUT2D eigenvalue weighted by atomic mass is 10.1. The number of methoxy groups -OCH3 is 3. The van der Waals surface area contributed by atoms with E-state index in [-0.39, 0.29) is 5.91 Å². The van der Waals surface area contributed by atoms with Crippen LogP contribution in [0.5, 0.6) is 17.2 Å². The zero-order valence-electron chi connectivity index (χ0n) is 16.5. The quantitative estimate of drug-likeness (QED) is 0.541. The first-order chi connectivity index (χ1) is 14.1. The molecule has 1 N–H and O–H groups in total. The zero-order valence-corrected chi connectivity index (χ0v) is 18.0. The van der Waals surface area contributed by atoms with Crippen molar-refractivity contribution < 1.29 is 19.0 Å². The molecule has 3 rings (SSSR count). The van der Waals surface area contributed by atoms with Gasteiger partial charge in [-0.2, -0.15) is 0 Å². The van der Waals surface area contributed by atoms with Crippen molar-refractivity contribution in [2.45, 2.75) is 6.42 Å². The van der Waals surface area contributed by atoms with E-state index in [1.807, 2.05) is 48.5 Å². The molecule has 0 aliphatic rings. The summed E-state index contributed by atoms with van der Waals surface area (Å²) in [5, 5.41) is 3.65. The maximum Gasteiger partial charge on any atom is 0.261 e. The van der Waals surface area contributed by atoms with E-state index in [2.05, 4.69) is 5.32 Å². The monoisotopic (exact) mass is 431 g/mol. The second kappa shape index (κ2) is 9.67. The van der Waals surface area contributed by atoms with Crippen LogP contribution in [0.15, 0.2) is 48.5 Å². The number of halogens is 1. The molecular formula is C22H22ClNO4S. The molecule has 0 aliphatic carbocycles. The van der Waals surface area contributed by atoms with Gasteiger partial charge in [0.2, 0.25) is 5.75 Å². The smallest absolute Gasteiger partial charge is 0.261 e. The third-order valence-corrected chi connectivity index (χ3v) is 5.74. The van der Waals surface area contributed by atoms with Gasteiger partial charge in [-0.3, -0.25) is 4.79 Å². The van der Waals surface area contributed by atoms with Crippen LogP contribution in [-0.4, -0.2) is 33.8 Å². The van der Waals surface area contributed by atoms with Crippen molar-refractivity contribution >= 4 is 28.8 Å². The Morgan fingerprint density at radius 2 is 1.79 bits per heavy atom. The van der Waals surface area contributed by atoms with Gasteiger partial charge in [0.1, 0.15) is 0 Å². The van der Waals surface area contributed by atoms with Gasteiger partial charge in [-0.1, -0.05) is 23.7 Å². The number of hydrogen-bond donors (Lipinski definition) is 1. The predicted molar refractivity (Wildman–Crippen MR) is 117 cm³/mol. The largest absolute Gasteiger partial charge is 0.493 e. The summed E-state index contributed by atoms with van der Waals surface area (Å²) in [6.07, 6.45) is 0.716. The summed E-state index contributed by atoms with van der Waals surface area (Å²) in [6, 6.07) is 15.1. The Kier molecular flexibility index (Phi) is 7.01. The minimum atomic E-state index is -0.109. The Balaban J connectivity index is 1.72. The fraction of sp³-hybridized carbons (Fsp3) is 0.227. The molecule has 0 aliphatic heterocycles.